The molecule has 0 aliphatic carbocycles. The molecule has 0 saturated carbocycles. The Balaban J connectivity index is 1.34. The highest BCUT2D eigenvalue weighted by Gasteiger charge is 2.34. The number of hydrogen-bond acceptors (Lipinski definition) is 7. The predicted octanol–water partition coefficient (Wildman–Crippen LogP) is 2.88. The van der Waals surface area contributed by atoms with Gasteiger partial charge in [-0.15, -0.1) is 5.10 Å². The summed E-state index contributed by atoms with van der Waals surface area (Å²) >= 11 is 6.06. The molecular weight excluding hydrogens is 480 g/mol. The maximum atomic E-state index is 12.8. The summed E-state index contributed by atoms with van der Waals surface area (Å²) in [5, 5.41) is 18.4. The smallest absolute Gasteiger partial charge is 0.242 e. The summed E-state index contributed by atoms with van der Waals surface area (Å²) in [5.74, 6) is 0.748. The van der Waals surface area contributed by atoms with Crippen LogP contribution in [0.25, 0.3) is 11.3 Å². The van der Waals surface area contributed by atoms with Crippen LogP contribution in [0.1, 0.15) is 19.3 Å². The van der Waals surface area contributed by atoms with Gasteiger partial charge in [0.05, 0.1) is 43.2 Å². The van der Waals surface area contributed by atoms with E-state index in [1.165, 1.54) is 12.1 Å². The summed E-state index contributed by atoms with van der Waals surface area (Å²) < 4.78 is 41.2. The summed E-state index contributed by atoms with van der Waals surface area (Å²) in [5.41, 5.74) is 1.65. The fourth-order valence-electron chi connectivity index (χ4n) is 4.00. The number of hydrogen-bond donors (Lipinski definition) is 2. The van der Waals surface area contributed by atoms with E-state index in [9.17, 15) is 13.5 Å². The lowest BCUT2D eigenvalue weighted by Gasteiger charge is -2.36. The Morgan fingerprint density at radius 1 is 1.24 bits per heavy atom. The van der Waals surface area contributed by atoms with Crippen LogP contribution in [0.5, 0.6) is 5.75 Å². The molecule has 11 heteroatoms. The number of aryl methyl sites for hydroxylation is 1. The fraction of sp³-hybridized carbons (Fsp3) is 0.391. The Labute approximate surface area is 203 Å². The highest BCUT2D eigenvalue weighted by Crippen LogP contribution is 2.26. The highest BCUT2D eigenvalue weighted by atomic mass is 35.5. The number of rotatable bonds is 9. The first kappa shape index (κ1) is 24.6. The Hall–Kier alpha value is -2.50. The maximum absolute atomic E-state index is 12.8. The number of methoxy groups -OCH3 is 1. The SMILES string of the molecule is COc1cccc(-c2cn(CC[C@H]3CC[C@@H](NS(=O)(=O)c4ccccc4Cl)[C@@H](CO)O3)nn2)c1. The predicted molar refractivity (Wildman–Crippen MR) is 127 cm³/mol. The molecule has 1 saturated heterocycles. The molecule has 0 radical (unpaired) electrons. The van der Waals surface area contributed by atoms with Gasteiger partial charge in [-0.1, -0.05) is 41.1 Å². The topological polar surface area (TPSA) is 116 Å². The van der Waals surface area contributed by atoms with Crippen LogP contribution in [0, 0.1) is 0 Å². The number of nitrogens with one attached hydrogen (secondary N) is 1. The number of halogens is 1. The van der Waals surface area contributed by atoms with Crippen LogP contribution in [0.2, 0.25) is 5.02 Å². The number of aliphatic hydroxyl groups excluding tert-OH is 1. The second kappa shape index (κ2) is 10.8. The Morgan fingerprint density at radius 3 is 2.82 bits per heavy atom. The summed E-state index contributed by atoms with van der Waals surface area (Å²) in [6.45, 7) is 0.283. The number of ether oxygens (including phenoxy) is 2. The maximum Gasteiger partial charge on any atom is 0.242 e. The van der Waals surface area contributed by atoms with E-state index < -0.39 is 22.2 Å². The van der Waals surface area contributed by atoms with Gasteiger partial charge >= 0.3 is 0 Å². The molecule has 0 amide bonds. The minimum atomic E-state index is -3.84. The quantitative estimate of drug-likeness (QED) is 0.458. The number of aliphatic hydroxyl groups is 1. The average Bonchev–Trinajstić information content (AvgIpc) is 3.32. The first-order valence-electron chi connectivity index (χ1n) is 11.0. The van der Waals surface area contributed by atoms with Gasteiger partial charge in [-0.25, -0.2) is 13.1 Å². The molecule has 0 unspecified atom stereocenters. The van der Waals surface area contributed by atoms with Crippen LogP contribution in [-0.4, -0.2) is 60.5 Å². The molecule has 1 aliphatic heterocycles. The first-order valence-corrected chi connectivity index (χ1v) is 12.8. The minimum absolute atomic E-state index is 0.00787. The van der Waals surface area contributed by atoms with Crippen molar-refractivity contribution < 1.29 is 23.0 Å². The highest BCUT2D eigenvalue weighted by molar-refractivity contribution is 7.89. The van der Waals surface area contributed by atoms with Crippen LogP contribution >= 0.6 is 11.6 Å². The standard InChI is InChI=1S/C23H27ClN4O5S/c1-32-18-6-4-5-16(13-18)21-14-28(27-25-21)12-11-17-9-10-20(22(15-29)33-17)26-34(30,31)23-8-3-2-7-19(23)24/h2-8,13-14,17,20,22,26,29H,9-12,15H2,1H3/t17-,20-,22-/m1/s1. The van der Waals surface area contributed by atoms with Crippen molar-refractivity contribution >= 4 is 21.6 Å². The van der Waals surface area contributed by atoms with E-state index in [-0.39, 0.29) is 22.6 Å². The molecule has 1 aliphatic rings. The van der Waals surface area contributed by atoms with Crippen molar-refractivity contribution in [3.05, 3.63) is 59.8 Å². The van der Waals surface area contributed by atoms with Crippen LogP contribution in [-0.2, 0) is 21.3 Å². The van der Waals surface area contributed by atoms with Crippen molar-refractivity contribution in [1.29, 1.82) is 0 Å². The monoisotopic (exact) mass is 506 g/mol. The first-order chi connectivity index (χ1) is 16.4. The van der Waals surface area contributed by atoms with E-state index >= 15 is 0 Å². The van der Waals surface area contributed by atoms with Gasteiger partial charge in [-0.2, -0.15) is 0 Å². The van der Waals surface area contributed by atoms with Gasteiger partial charge in [-0.3, -0.25) is 4.68 Å². The van der Waals surface area contributed by atoms with Crippen LogP contribution in [0.3, 0.4) is 0 Å². The zero-order valence-corrected chi connectivity index (χ0v) is 20.2. The number of nitrogens with zero attached hydrogens (tertiary/aromatic N) is 3. The van der Waals surface area contributed by atoms with Gasteiger partial charge in [0.2, 0.25) is 10.0 Å². The second-order valence-corrected chi connectivity index (χ2v) is 10.2. The van der Waals surface area contributed by atoms with Crippen molar-refractivity contribution in [2.75, 3.05) is 13.7 Å². The average molecular weight is 507 g/mol. The van der Waals surface area contributed by atoms with E-state index in [1.807, 2.05) is 30.5 Å². The lowest BCUT2D eigenvalue weighted by Crippen LogP contribution is -2.51. The molecule has 0 spiro atoms. The Morgan fingerprint density at radius 2 is 2.06 bits per heavy atom. The van der Waals surface area contributed by atoms with E-state index in [0.717, 1.165) is 17.0 Å². The van der Waals surface area contributed by atoms with Crippen molar-refractivity contribution in [2.45, 2.75) is 49.0 Å². The van der Waals surface area contributed by atoms with Gasteiger partial charge < -0.3 is 14.6 Å². The normalized spacial score (nSPS) is 20.9. The summed E-state index contributed by atoms with van der Waals surface area (Å²) in [4.78, 5) is 0.00787. The van der Waals surface area contributed by atoms with Crippen LogP contribution < -0.4 is 9.46 Å². The molecule has 0 bridgehead atoms. The zero-order chi connectivity index (χ0) is 24.1. The molecule has 1 fully saturated rings. The molecule has 1 aromatic heterocycles. The second-order valence-electron chi connectivity index (χ2n) is 8.10. The van der Waals surface area contributed by atoms with Gasteiger partial charge in [0, 0.05) is 12.1 Å². The van der Waals surface area contributed by atoms with Crippen molar-refractivity contribution in [1.82, 2.24) is 19.7 Å². The van der Waals surface area contributed by atoms with Crippen molar-refractivity contribution in [3.63, 3.8) is 0 Å². The molecular formula is C23H27ClN4O5S. The van der Waals surface area contributed by atoms with E-state index in [2.05, 4.69) is 15.0 Å². The third kappa shape index (κ3) is 5.76. The molecule has 2 heterocycles. The van der Waals surface area contributed by atoms with E-state index in [1.54, 1.807) is 23.9 Å². The molecule has 2 N–H and O–H groups in total. The largest absolute Gasteiger partial charge is 0.497 e. The summed E-state index contributed by atoms with van der Waals surface area (Å²) in [6.07, 6.45) is 2.90. The van der Waals surface area contributed by atoms with Gasteiger partial charge in [-0.05, 0) is 43.5 Å². The molecule has 34 heavy (non-hydrogen) atoms. The van der Waals surface area contributed by atoms with Crippen LogP contribution in [0.4, 0.5) is 0 Å². The third-order valence-corrected chi connectivity index (χ3v) is 7.80. The van der Waals surface area contributed by atoms with Gasteiger partial charge in [0.15, 0.2) is 0 Å². The Bertz CT molecular complexity index is 1220. The molecule has 2 aromatic carbocycles. The number of aromatic nitrogens is 3. The third-order valence-electron chi connectivity index (χ3n) is 5.81. The fourth-order valence-corrected chi connectivity index (χ4v) is 5.82. The molecule has 9 nitrogen and oxygen atoms in total. The van der Waals surface area contributed by atoms with Crippen molar-refractivity contribution in [3.8, 4) is 17.0 Å². The van der Waals surface area contributed by atoms with E-state index in [0.29, 0.717) is 25.8 Å². The molecule has 3 atom stereocenters. The zero-order valence-electron chi connectivity index (χ0n) is 18.7. The van der Waals surface area contributed by atoms with Crippen molar-refractivity contribution in [2.24, 2.45) is 0 Å². The summed E-state index contributed by atoms with van der Waals surface area (Å²) in [6, 6.07) is 13.3. The van der Waals surface area contributed by atoms with Gasteiger partial charge in [0.25, 0.3) is 0 Å². The van der Waals surface area contributed by atoms with E-state index in [4.69, 9.17) is 21.1 Å². The lowest BCUT2D eigenvalue weighted by molar-refractivity contribution is -0.0891. The molecule has 4 rings (SSSR count). The molecule has 182 valence electrons. The Kier molecular flexibility index (Phi) is 7.84. The molecule has 3 aromatic rings. The number of sulfonamides is 1. The van der Waals surface area contributed by atoms with Crippen LogP contribution in [0.15, 0.2) is 59.6 Å². The van der Waals surface area contributed by atoms with Gasteiger partial charge in [0.1, 0.15) is 16.3 Å². The lowest BCUT2D eigenvalue weighted by atomic mass is 9.98. The summed E-state index contributed by atoms with van der Waals surface area (Å²) in [7, 11) is -2.22. The number of benzene rings is 2. The minimum Gasteiger partial charge on any atom is -0.497 e.